The maximum Gasteiger partial charge on any atom is 0.490 e. The Kier molecular flexibility index (Phi) is 8.29. The number of amides is 2. The number of carboxylic acids is 1. The maximum absolute atomic E-state index is 13.3. The standard InChI is InChI=1S/C28H26N2O4.C2HF3O2/c1-30-25(31)22-23(26(30)32)28(27(33)34-2,17-18-9-5-3-6-10-18)29-24(22)21-15-13-20(14-16-21)19-11-7-4-8-12-19;3-2(4,5)1(6)7/h3-16,22-24,29H,17H2,1-2H3;(H,6,7)/t22?,23?,24?,28-;/m1./s1. The first-order valence-electron chi connectivity index (χ1n) is 12.6. The first-order valence-corrected chi connectivity index (χ1v) is 12.6. The highest BCUT2D eigenvalue weighted by Crippen LogP contribution is 2.50. The number of halogens is 3. The number of fused-ring (bicyclic) bond motifs is 1. The van der Waals surface area contributed by atoms with Crippen LogP contribution in [-0.4, -0.2) is 59.6 Å². The van der Waals surface area contributed by atoms with Crippen LogP contribution in [-0.2, 0) is 30.3 Å². The number of esters is 1. The van der Waals surface area contributed by atoms with E-state index in [1.54, 1.807) is 0 Å². The Morgan fingerprint density at radius 1 is 0.902 bits per heavy atom. The van der Waals surface area contributed by atoms with Crippen molar-refractivity contribution in [3.05, 3.63) is 96.1 Å². The summed E-state index contributed by atoms with van der Waals surface area (Å²) in [5, 5.41) is 10.5. The molecule has 0 saturated carbocycles. The molecule has 214 valence electrons. The molecule has 5 rings (SSSR count). The van der Waals surface area contributed by atoms with E-state index in [1.165, 1.54) is 14.2 Å². The third-order valence-corrected chi connectivity index (χ3v) is 7.37. The van der Waals surface area contributed by atoms with Crippen molar-refractivity contribution in [3.63, 3.8) is 0 Å². The van der Waals surface area contributed by atoms with Gasteiger partial charge >= 0.3 is 18.1 Å². The average molecular weight is 569 g/mol. The summed E-state index contributed by atoms with van der Waals surface area (Å²) in [7, 11) is 2.81. The van der Waals surface area contributed by atoms with Gasteiger partial charge in [0.15, 0.2) is 0 Å². The predicted molar refractivity (Wildman–Crippen MR) is 141 cm³/mol. The van der Waals surface area contributed by atoms with Gasteiger partial charge in [-0.15, -0.1) is 0 Å². The Labute approximate surface area is 233 Å². The fourth-order valence-electron chi connectivity index (χ4n) is 5.47. The number of nitrogens with one attached hydrogen (secondary N) is 1. The van der Waals surface area contributed by atoms with E-state index in [2.05, 4.69) is 5.32 Å². The average Bonchev–Trinajstić information content (AvgIpc) is 3.42. The third kappa shape index (κ3) is 5.71. The lowest BCUT2D eigenvalue weighted by Crippen LogP contribution is -2.57. The summed E-state index contributed by atoms with van der Waals surface area (Å²) in [4.78, 5) is 49.9. The number of alkyl halides is 3. The van der Waals surface area contributed by atoms with Crippen LogP contribution in [0.25, 0.3) is 11.1 Å². The number of carbonyl (C=O) groups excluding carboxylic acids is 3. The second-order valence-corrected chi connectivity index (χ2v) is 9.78. The Hall–Kier alpha value is -4.51. The maximum atomic E-state index is 13.3. The van der Waals surface area contributed by atoms with E-state index in [-0.39, 0.29) is 18.2 Å². The fourth-order valence-corrected chi connectivity index (χ4v) is 5.47. The lowest BCUT2D eigenvalue weighted by Gasteiger charge is -2.32. The zero-order valence-corrected chi connectivity index (χ0v) is 22.1. The van der Waals surface area contributed by atoms with Crippen LogP contribution in [0.15, 0.2) is 84.9 Å². The molecule has 0 radical (unpaired) electrons. The largest absolute Gasteiger partial charge is 0.490 e. The van der Waals surface area contributed by atoms with Gasteiger partial charge in [-0.3, -0.25) is 24.6 Å². The van der Waals surface area contributed by atoms with E-state index in [0.717, 1.165) is 27.2 Å². The number of nitrogens with zero attached hydrogens (tertiary/aromatic N) is 1. The minimum absolute atomic E-state index is 0.243. The topological polar surface area (TPSA) is 113 Å². The Morgan fingerprint density at radius 3 is 1.93 bits per heavy atom. The van der Waals surface area contributed by atoms with Crippen molar-refractivity contribution in [2.75, 3.05) is 14.2 Å². The van der Waals surface area contributed by atoms with Gasteiger partial charge in [-0.1, -0.05) is 84.9 Å². The van der Waals surface area contributed by atoms with Gasteiger partial charge in [0.2, 0.25) is 11.8 Å². The molecule has 2 fully saturated rings. The Bertz CT molecular complexity index is 1430. The molecule has 41 heavy (non-hydrogen) atoms. The van der Waals surface area contributed by atoms with Crippen molar-refractivity contribution in [1.29, 1.82) is 0 Å². The van der Waals surface area contributed by atoms with E-state index in [1.807, 2.05) is 84.9 Å². The second-order valence-electron chi connectivity index (χ2n) is 9.78. The molecule has 2 amide bonds. The van der Waals surface area contributed by atoms with E-state index < -0.39 is 41.5 Å². The summed E-state index contributed by atoms with van der Waals surface area (Å²) in [6.07, 6.45) is -4.84. The highest BCUT2D eigenvalue weighted by atomic mass is 19.4. The molecule has 4 atom stereocenters. The van der Waals surface area contributed by atoms with Crippen molar-refractivity contribution in [1.82, 2.24) is 10.2 Å². The molecule has 3 aromatic carbocycles. The normalized spacial score (nSPS) is 23.4. The minimum Gasteiger partial charge on any atom is -0.475 e. The first kappa shape index (κ1) is 29.5. The van der Waals surface area contributed by atoms with Gasteiger partial charge in [0.25, 0.3) is 0 Å². The predicted octanol–water partition coefficient (Wildman–Crippen LogP) is 4.02. The monoisotopic (exact) mass is 568 g/mol. The number of hydrogen-bond acceptors (Lipinski definition) is 6. The van der Waals surface area contributed by atoms with Crippen LogP contribution in [0, 0.1) is 11.8 Å². The summed E-state index contributed by atoms with van der Waals surface area (Å²) in [6.45, 7) is 0. The number of ether oxygens (including phenoxy) is 1. The van der Waals surface area contributed by atoms with Crippen LogP contribution in [0.5, 0.6) is 0 Å². The molecular formula is C30H27F3N2O6. The first-order chi connectivity index (χ1) is 19.4. The zero-order chi connectivity index (χ0) is 29.9. The van der Waals surface area contributed by atoms with Crippen LogP contribution in [0.4, 0.5) is 13.2 Å². The number of rotatable bonds is 5. The minimum atomic E-state index is -5.08. The zero-order valence-electron chi connectivity index (χ0n) is 22.1. The summed E-state index contributed by atoms with van der Waals surface area (Å²) >= 11 is 0. The summed E-state index contributed by atoms with van der Waals surface area (Å²) in [5.74, 6) is -5.47. The highest BCUT2D eigenvalue weighted by molar-refractivity contribution is 6.09. The number of likely N-dealkylation sites (tertiary alicyclic amines) is 1. The molecule has 0 bridgehead atoms. The SMILES string of the molecule is COC(=O)[C@]1(Cc2ccccc2)NC(c2ccc(-c3ccccc3)cc2)C2C(=O)N(C)C(=O)C21.O=C(O)C(F)(F)F. The smallest absolute Gasteiger partial charge is 0.475 e. The second kappa shape index (κ2) is 11.5. The number of carbonyl (C=O) groups is 4. The molecule has 2 aliphatic rings. The molecule has 2 N–H and O–H groups in total. The molecule has 3 unspecified atom stereocenters. The lowest BCUT2D eigenvalue weighted by molar-refractivity contribution is -0.192. The van der Waals surface area contributed by atoms with Crippen LogP contribution < -0.4 is 5.32 Å². The van der Waals surface area contributed by atoms with E-state index in [9.17, 15) is 27.6 Å². The van der Waals surface area contributed by atoms with Crippen LogP contribution in [0.1, 0.15) is 17.2 Å². The number of hydrogen-bond donors (Lipinski definition) is 2. The third-order valence-electron chi connectivity index (χ3n) is 7.37. The molecule has 0 aromatic heterocycles. The molecule has 3 aromatic rings. The molecule has 2 aliphatic heterocycles. The van der Waals surface area contributed by atoms with Crippen molar-refractivity contribution in [2.45, 2.75) is 24.2 Å². The van der Waals surface area contributed by atoms with Crippen LogP contribution in [0.3, 0.4) is 0 Å². The van der Waals surface area contributed by atoms with Crippen molar-refractivity contribution >= 4 is 23.8 Å². The van der Waals surface area contributed by atoms with Crippen molar-refractivity contribution in [2.24, 2.45) is 11.8 Å². The molecule has 0 aliphatic carbocycles. The van der Waals surface area contributed by atoms with Gasteiger partial charge in [0, 0.05) is 19.5 Å². The Morgan fingerprint density at radius 2 is 1.41 bits per heavy atom. The van der Waals surface area contributed by atoms with Crippen LogP contribution >= 0.6 is 0 Å². The van der Waals surface area contributed by atoms with Gasteiger partial charge < -0.3 is 9.84 Å². The molecule has 2 saturated heterocycles. The summed E-state index contributed by atoms with van der Waals surface area (Å²) < 4.78 is 37.0. The van der Waals surface area contributed by atoms with E-state index in [4.69, 9.17) is 14.6 Å². The number of imide groups is 1. The Balaban J connectivity index is 0.000000493. The molecule has 11 heteroatoms. The van der Waals surface area contributed by atoms with Crippen LogP contribution in [0.2, 0.25) is 0 Å². The number of benzene rings is 3. The lowest BCUT2D eigenvalue weighted by atomic mass is 9.76. The molecule has 8 nitrogen and oxygen atoms in total. The summed E-state index contributed by atoms with van der Waals surface area (Å²) in [6, 6.07) is 26.9. The fraction of sp³-hybridized carbons (Fsp3) is 0.267. The van der Waals surface area contributed by atoms with Crippen molar-refractivity contribution in [3.8, 4) is 11.1 Å². The number of methoxy groups -OCH3 is 1. The molecule has 0 spiro atoms. The summed E-state index contributed by atoms with van der Waals surface area (Å²) in [5.41, 5.74) is 2.53. The van der Waals surface area contributed by atoms with Crippen molar-refractivity contribution < 1.29 is 42.2 Å². The van der Waals surface area contributed by atoms with Gasteiger partial charge in [-0.2, -0.15) is 13.2 Å². The quantitative estimate of drug-likeness (QED) is 0.353. The van der Waals surface area contributed by atoms with Gasteiger partial charge in [-0.05, 0) is 22.3 Å². The van der Waals surface area contributed by atoms with E-state index in [0.29, 0.717) is 0 Å². The molecule has 2 heterocycles. The van der Waals surface area contributed by atoms with Gasteiger partial charge in [0.05, 0.1) is 18.9 Å². The van der Waals surface area contributed by atoms with Gasteiger partial charge in [-0.25, -0.2) is 4.79 Å². The number of carboxylic acid groups (broad SMARTS) is 1. The number of aliphatic carboxylic acids is 1. The van der Waals surface area contributed by atoms with Gasteiger partial charge in [0.1, 0.15) is 5.54 Å². The van der Waals surface area contributed by atoms with E-state index >= 15 is 0 Å². The highest BCUT2D eigenvalue weighted by Gasteiger charge is 2.68. The molecular weight excluding hydrogens is 541 g/mol.